The van der Waals surface area contributed by atoms with Crippen molar-refractivity contribution in [1.29, 1.82) is 0 Å². The van der Waals surface area contributed by atoms with E-state index in [-0.39, 0.29) is 5.41 Å². The molecule has 2 heteroatoms. The quantitative estimate of drug-likeness (QED) is 0.252. The lowest BCUT2D eigenvalue weighted by Gasteiger charge is -2.23. The average Bonchev–Trinajstić information content (AvgIpc) is 2.90. The second-order valence-electron chi connectivity index (χ2n) is 10.2. The first-order chi connectivity index (χ1) is 17.4. The molecule has 0 aliphatic rings. The summed E-state index contributed by atoms with van der Waals surface area (Å²) in [5, 5.41) is 3.70. The van der Waals surface area contributed by atoms with Crippen molar-refractivity contribution < 1.29 is 0 Å². The van der Waals surface area contributed by atoms with Crippen LogP contribution in [-0.2, 0) is 5.41 Å². The smallest absolute Gasteiger partial charge is 0.0618 e. The zero-order valence-corrected chi connectivity index (χ0v) is 21.1. The number of hydrogen-bond donors (Lipinski definition) is 2. The van der Waals surface area contributed by atoms with Crippen molar-refractivity contribution in [2.45, 2.75) is 26.2 Å². The van der Waals surface area contributed by atoms with E-state index in [2.05, 4.69) is 123 Å². The molecule has 0 bridgehead atoms. The van der Waals surface area contributed by atoms with Crippen molar-refractivity contribution in [3.63, 3.8) is 0 Å². The standard InChI is InChI=1S/C34H32N2/c1-34(2,3)28-22-26(24-13-6-4-7-14-24)21-27(23-28)30-18-12-17-29(25-15-8-5-9-16-25)33(30)36-32-20-11-10-19-31(32)35/h4-23,36H,35H2,1-3H3. The predicted molar refractivity (Wildman–Crippen MR) is 156 cm³/mol. The minimum Gasteiger partial charge on any atom is -0.397 e. The molecule has 0 aliphatic carbocycles. The van der Waals surface area contributed by atoms with Crippen LogP contribution in [0.5, 0.6) is 0 Å². The number of nitrogens with one attached hydrogen (secondary N) is 1. The summed E-state index contributed by atoms with van der Waals surface area (Å²) in [5.41, 5.74) is 17.4. The Kier molecular flexibility index (Phi) is 6.35. The van der Waals surface area contributed by atoms with Gasteiger partial charge in [-0.05, 0) is 51.4 Å². The molecule has 0 unspecified atom stereocenters. The van der Waals surface area contributed by atoms with Crippen molar-refractivity contribution in [2.24, 2.45) is 0 Å². The average molecular weight is 469 g/mol. The van der Waals surface area contributed by atoms with Gasteiger partial charge in [0.05, 0.1) is 17.1 Å². The fourth-order valence-corrected chi connectivity index (χ4v) is 4.54. The lowest BCUT2D eigenvalue weighted by atomic mass is 9.82. The lowest BCUT2D eigenvalue weighted by Crippen LogP contribution is -2.11. The molecule has 3 N–H and O–H groups in total. The van der Waals surface area contributed by atoms with Gasteiger partial charge in [-0.25, -0.2) is 0 Å². The Labute approximate surface area is 214 Å². The molecule has 5 aromatic carbocycles. The Hall–Kier alpha value is -4.30. The van der Waals surface area contributed by atoms with Crippen LogP contribution in [0.1, 0.15) is 26.3 Å². The summed E-state index contributed by atoms with van der Waals surface area (Å²) in [4.78, 5) is 0. The van der Waals surface area contributed by atoms with Gasteiger partial charge in [-0.2, -0.15) is 0 Å². The molecule has 178 valence electrons. The van der Waals surface area contributed by atoms with Gasteiger partial charge in [0.15, 0.2) is 0 Å². The number of para-hydroxylation sites is 3. The Morgan fingerprint density at radius 1 is 0.528 bits per heavy atom. The minimum absolute atomic E-state index is 0.00797. The summed E-state index contributed by atoms with van der Waals surface area (Å²) in [5.74, 6) is 0. The fraction of sp³-hybridized carbons (Fsp3) is 0.118. The molecule has 0 saturated carbocycles. The van der Waals surface area contributed by atoms with Gasteiger partial charge in [0.2, 0.25) is 0 Å². The molecular weight excluding hydrogens is 436 g/mol. The zero-order valence-electron chi connectivity index (χ0n) is 21.1. The molecule has 0 heterocycles. The van der Waals surface area contributed by atoms with Gasteiger partial charge >= 0.3 is 0 Å². The zero-order chi connectivity index (χ0) is 25.1. The minimum atomic E-state index is 0.00797. The number of nitrogen functional groups attached to an aromatic ring is 1. The first kappa shape index (κ1) is 23.4. The first-order valence-electron chi connectivity index (χ1n) is 12.4. The Bertz CT molecular complexity index is 1480. The van der Waals surface area contributed by atoms with Crippen molar-refractivity contribution >= 4 is 17.1 Å². The second kappa shape index (κ2) is 9.75. The number of rotatable bonds is 5. The normalized spacial score (nSPS) is 11.3. The van der Waals surface area contributed by atoms with E-state index in [1.165, 1.54) is 22.3 Å². The monoisotopic (exact) mass is 468 g/mol. The van der Waals surface area contributed by atoms with Crippen LogP contribution in [0, 0.1) is 0 Å². The molecule has 36 heavy (non-hydrogen) atoms. The third kappa shape index (κ3) is 4.89. The number of benzene rings is 5. The highest BCUT2D eigenvalue weighted by molar-refractivity contribution is 5.95. The van der Waals surface area contributed by atoms with E-state index in [0.717, 1.165) is 33.8 Å². The van der Waals surface area contributed by atoms with Gasteiger partial charge in [0.1, 0.15) is 0 Å². The van der Waals surface area contributed by atoms with Gasteiger partial charge in [-0.15, -0.1) is 0 Å². The fourth-order valence-electron chi connectivity index (χ4n) is 4.54. The largest absolute Gasteiger partial charge is 0.397 e. The van der Waals surface area contributed by atoms with Gasteiger partial charge in [0, 0.05) is 11.1 Å². The maximum atomic E-state index is 6.36. The summed E-state index contributed by atoms with van der Waals surface area (Å²) in [7, 11) is 0. The SMILES string of the molecule is CC(C)(C)c1cc(-c2ccccc2)cc(-c2cccc(-c3ccccc3)c2Nc2ccccc2N)c1. The van der Waals surface area contributed by atoms with Crippen molar-refractivity contribution in [3.8, 4) is 33.4 Å². The van der Waals surface area contributed by atoms with Crippen LogP contribution in [0.4, 0.5) is 17.1 Å². The van der Waals surface area contributed by atoms with E-state index in [1.54, 1.807) is 0 Å². The molecule has 0 spiro atoms. The van der Waals surface area contributed by atoms with Crippen LogP contribution in [0.15, 0.2) is 121 Å². The highest BCUT2D eigenvalue weighted by Crippen LogP contribution is 2.42. The van der Waals surface area contributed by atoms with Gasteiger partial charge in [-0.3, -0.25) is 0 Å². The van der Waals surface area contributed by atoms with Crippen LogP contribution in [0.2, 0.25) is 0 Å². The van der Waals surface area contributed by atoms with E-state index in [9.17, 15) is 0 Å². The summed E-state index contributed by atoms with van der Waals surface area (Å²) < 4.78 is 0. The van der Waals surface area contributed by atoms with Crippen LogP contribution in [0.25, 0.3) is 33.4 Å². The first-order valence-corrected chi connectivity index (χ1v) is 12.4. The molecule has 2 nitrogen and oxygen atoms in total. The maximum absolute atomic E-state index is 6.36. The van der Waals surface area contributed by atoms with Crippen LogP contribution < -0.4 is 11.1 Å². The highest BCUT2D eigenvalue weighted by atomic mass is 14.9. The van der Waals surface area contributed by atoms with E-state index < -0.39 is 0 Å². The van der Waals surface area contributed by atoms with Crippen molar-refractivity contribution in [1.82, 2.24) is 0 Å². The second-order valence-corrected chi connectivity index (χ2v) is 10.2. The van der Waals surface area contributed by atoms with Gasteiger partial charge in [-0.1, -0.05) is 124 Å². The Morgan fingerprint density at radius 2 is 1.08 bits per heavy atom. The molecule has 0 atom stereocenters. The molecule has 0 radical (unpaired) electrons. The molecular formula is C34H32N2. The number of nitrogens with two attached hydrogens (primary N) is 1. The number of hydrogen-bond acceptors (Lipinski definition) is 2. The van der Waals surface area contributed by atoms with Crippen molar-refractivity contribution in [2.75, 3.05) is 11.1 Å². The van der Waals surface area contributed by atoms with Crippen molar-refractivity contribution in [3.05, 3.63) is 127 Å². The summed E-state index contributed by atoms with van der Waals surface area (Å²) in [6.45, 7) is 6.81. The van der Waals surface area contributed by atoms with Crippen LogP contribution in [-0.4, -0.2) is 0 Å². The third-order valence-electron chi connectivity index (χ3n) is 6.59. The van der Waals surface area contributed by atoms with Crippen LogP contribution >= 0.6 is 0 Å². The van der Waals surface area contributed by atoms with E-state index in [0.29, 0.717) is 0 Å². The summed E-state index contributed by atoms with van der Waals surface area (Å²) in [6, 6.07) is 42.5. The molecule has 0 amide bonds. The third-order valence-corrected chi connectivity index (χ3v) is 6.59. The van der Waals surface area contributed by atoms with Gasteiger partial charge in [0.25, 0.3) is 0 Å². The van der Waals surface area contributed by atoms with E-state index in [1.807, 2.05) is 24.3 Å². The molecule has 0 fully saturated rings. The lowest BCUT2D eigenvalue weighted by molar-refractivity contribution is 0.590. The highest BCUT2D eigenvalue weighted by Gasteiger charge is 2.19. The predicted octanol–water partition coefficient (Wildman–Crippen LogP) is 9.31. The topological polar surface area (TPSA) is 38.0 Å². The summed E-state index contributed by atoms with van der Waals surface area (Å²) in [6.07, 6.45) is 0. The number of anilines is 3. The van der Waals surface area contributed by atoms with Crippen LogP contribution in [0.3, 0.4) is 0 Å². The van der Waals surface area contributed by atoms with E-state index in [4.69, 9.17) is 5.73 Å². The molecule has 0 aliphatic heterocycles. The molecule has 5 aromatic rings. The Morgan fingerprint density at radius 3 is 1.72 bits per heavy atom. The molecule has 0 saturated heterocycles. The molecule has 0 aromatic heterocycles. The Balaban J connectivity index is 1.76. The van der Waals surface area contributed by atoms with E-state index >= 15 is 0 Å². The molecule has 5 rings (SSSR count). The summed E-state index contributed by atoms with van der Waals surface area (Å²) >= 11 is 0. The van der Waals surface area contributed by atoms with Gasteiger partial charge < -0.3 is 11.1 Å². The maximum Gasteiger partial charge on any atom is 0.0618 e.